The summed E-state index contributed by atoms with van der Waals surface area (Å²) in [6.07, 6.45) is 0.342. The van der Waals surface area contributed by atoms with Crippen LogP contribution < -0.4 is 5.73 Å². The van der Waals surface area contributed by atoms with E-state index in [2.05, 4.69) is 28.3 Å². The van der Waals surface area contributed by atoms with E-state index in [1.54, 1.807) is 6.92 Å². The van der Waals surface area contributed by atoms with Crippen molar-refractivity contribution in [2.75, 3.05) is 6.61 Å². The van der Waals surface area contributed by atoms with Gasteiger partial charge in [0, 0.05) is 9.13 Å². The molecule has 0 unspecified atom stereocenters. The van der Waals surface area contributed by atoms with Crippen LogP contribution in [0.25, 0.3) is 0 Å². The van der Waals surface area contributed by atoms with Crippen molar-refractivity contribution in [2.24, 2.45) is 0 Å². The number of quaternary nitrogens is 1. The number of ether oxygens (including phenoxy) is 1. The highest BCUT2D eigenvalue weighted by Gasteiger charge is 2.15. The second-order valence-corrected chi connectivity index (χ2v) is 4.50. The molecule has 1 rings (SSSR count). The normalized spacial score (nSPS) is 12.2. The van der Waals surface area contributed by atoms with Gasteiger partial charge in [-0.3, -0.25) is 4.79 Å². The van der Waals surface area contributed by atoms with Crippen LogP contribution in [-0.4, -0.2) is 12.6 Å². The predicted molar refractivity (Wildman–Crippen MR) is 66.0 cm³/mol. The lowest BCUT2D eigenvalue weighted by Crippen LogP contribution is -2.54. The molecule has 0 amide bonds. The van der Waals surface area contributed by atoms with Crippen LogP contribution in [0.2, 0.25) is 0 Å². The smallest absolute Gasteiger partial charge is 0.312 e. The van der Waals surface area contributed by atoms with Crippen LogP contribution in [0.1, 0.15) is 24.9 Å². The molecule has 0 aliphatic carbocycles. The van der Waals surface area contributed by atoms with E-state index in [9.17, 15) is 4.79 Å². The average Bonchev–Trinajstić information content (AvgIpc) is 2.18. The molecule has 0 aliphatic heterocycles. The maximum absolute atomic E-state index is 11.2. The van der Waals surface area contributed by atoms with Crippen LogP contribution in [0, 0.1) is 3.57 Å². The molecule has 4 heteroatoms. The Kier molecular flexibility index (Phi) is 5.04. The highest BCUT2D eigenvalue weighted by Crippen LogP contribution is 2.14. The third-order valence-electron chi connectivity index (χ3n) is 2.06. The van der Waals surface area contributed by atoms with Gasteiger partial charge in [0.05, 0.1) is 6.61 Å². The van der Waals surface area contributed by atoms with Crippen LogP contribution in [0.4, 0.5) is 0 Å². The summed E-state index contributed by atoms with van der Waals surface area (Å²) in [4.78, 5) is 11.2. The molecule has 3 nitrogen and oxygen atoms in total. The van der Waals surface area contributed by atoms with Crippen LogP contribution in [0.15, 0.2) is 24.3 Å². The monoisotopic (exact) mass is 320 g/mol. The molecule has 0 fully saturated rings. The molecule has 0 saturated carbocycles. The second kappa shape index (κ2) is 6.07. The number of benzene rings is 1. The van der Waals surface area contributed by atoms with E-state index in [-0.39, 0.29) is 12.0 Å². The van der Waals surface area contributed by atoms with Gasteiger partial charge in [0.15, 0.2) is 0 Å². The molecule has 82 valence electrons. The lowest BCUT2D eigenvalue weighted by atomic mass is 10.1. The number of hydrogen-bond acceptors (Lipinski definition) is 2. The van der Waals surface area contributed by atoms with E-state index in [0.29, 0.717) is 13.0 Å². The minimum Gasteiger partial charge on any atom is -0.466 e. The van der Waals surface area contributed by atoms with Crippen molar-refractivity contribution in [2.45, 2.75) is 19.4 Å². The number of carbonyl (C=O) groups excluding carboxylic acids is 1. The van der Waals surface area contributed by atoms with E-state index in [1.807, 2.05) is 24.3 Å². The molecule has 0 saturated heterocycles. The van der Waals surface area contributed by atoms with E-state index in [4.69, 9.17) is 4.74 Å². The first kappa shape index (κ1) is 12.4. The summed E-state index contributed by atoms with van der Waals surface area (Å²) in [7, 11) is 0. The molecule has 0 heterocycles. The maximum Gasteiger partial charge on any atom is 0.312 e. The molecular weight excluding hydrogens is 305 g/mol. The van der Waals surface area contributed by atoms with Crippen molar-refractivity contribution in [1.29, 1.82) is 0 Å². The van der Waals surface area contributed by atoms with E-state index in [0.717, 1.165) is 5.56 Å². The molecule has 1 atom stereocenters. The molecule has 1 aromatic rings. The first-order chi connectivity index (χ1) is 7.13. The van der Waals surface area contributed by atoms with Crippen molar-refractivity contribution in [3.05, 3.63) is 33.4 Å². The minimum atomic E-state index is -0.184. The SMILES string of the molecule is CCOC(=O)C[C@@H]([NH3+])c1ccc(I)cc1. The first-order valence-electron chi connectivity index (χ1n) is 4.87. The summed E-state index contributed by atoms with van der Waals surface area (Å²) in [6.45, 7) is 2.24. The lowest BCUT2D eigenvalue weighted by molar-refractivity contribution is -0.425. The summed E-state index contributed by atoms with van der Waals surface area (Å²) in [5.74, 6) is -0.184. The van der Waals surface area contributed by atoms with E-state index in [1.165, 1.54) is 3.57 Å². The summed E-state index contributed by atoms with van der Waals surface area (Å²) in [5, 5.41) is 0. The van der Waals surface area contributed by atoms with Gasteiger partial charge in [-0.15, -0.1) is 0 Å². The Bertz CT molecular complexity index is 324. The Balaban J connectivity index is 2.57. The van der Waals surface area contributed by atoms with Crippen LogP contribution in [0.5, 0.6) is 0 Å². The predicted octanol–water partition coefficient (Wildman–Crippen LogP) is 1.53. The van der Waals surface area contributed by atoms with Gasteiger partial charge in [-0.05, 0) is 41.6 Å². The topological polar surface area (TPSA) is 53.9 Å². The summed E-state index contributed by atoms with van der Waals surface area (Å²) in [6, 6.07) is 8.00. The number of halogens is 1. The summed E-state index contributed by atoms with van der Waals surface area (Å²) in [5.41, 5.74) is 5.03. The Morgan fingerprint density at radius 2 is 2.07 bits per heavy atom. The fourth-order valence-electron chi connectivity index (χ4n) is 1.27. The van der Waals surface area contributed by atoms with Gasteiger partial charge in [-0.2, -0.15) is 0 Å². The summed E-state index contributed by atoms with van der Waals surface area (Å²) < 4.78 is 6.06. The number of carbonyl (C=O) groups is 1. The zero-order valence-corrected chi connectivity index (χ0v) is 10.9. The molecule has 15 heavy (non-hydrogen) atoms. The molecule has 0 radical (unpaired) electrons. The summed E-state index contributed by atoms with van der Waals surface area (Å²) >= 11 is 2.25. The molecule has 3 N–H and O–H groups in total. The molecule has 1 aromatic carbocycles. The molecule has 0 bridgehead atoms. The van der Waals surface area contributed by atoms with Crippen molar-refractivity contribution >= 4 is 28.6 Å². The Morgan fingerprint density at radius 1 is 1.47 bits per heavy atom. The van der Waals surface area contributed by atoms with Crippen LogP contribution in [-0.2, 0) is 9.53 Å². The highest BCUT2D eigenvalue weighted by molar-refractivity contribution is 14.1. The molecular formula is C11H15INO2+. The van der Waals surface area contributed by atoms with E-state index < -0.39 is 0 Å². The van der Waals surface area contributed by atoms with Crippen molar-refractivity contribution in [3.8, 4) is 0 Å². The van der Waals surface area contributed by atoms with Crippen LogP contribution in [0.3, 0.4) is 0 Å². The van der Waals surface area contributed by atoms with Gasteiger partial charge >= 0.3 is 5.97 Å². The largest absolute Gasteiger partial charge is 0.466 e. The first-order valence-corrected chi connectivity index (χ1v) is 5.95. The van der Waals surface area contributed by atoms with Gasteiger partial charge in [0.1, 0.15) is 12.5 Å². The van der Waals surface area contributed by atoms with E-state index >= 15 is 0 Å². The third-order valence-corrected chi connectivity index (χ3v) is 2.78. The average molecular weight is 320 g/mol. The quantitative estimate of drug-likeness (QED) is 0.676. The second-order valence-electron chi connectivity index (χ2n) is 3.26. The molecule has 0 spiro atoms. The molecule has 0 aliphatic rings. The van der Waals surface area contributed by atoms with Gasteiger partial charge in [0.2, 0.25) is 0 Å². The van der Waals surface area contributed by atoms with Gasteiger partial charge in [0.25, 0.3) is 0 Å². The fourth-order valence-corrected chi connectivity index (χ4v) is 1.63. The van der Waals surface area contributed by atoms with Gasteiger partial charge < -0.3 is 10.5 Å². The van der Waals surface area contributed by atoms with Gasteiger partial charge in [-0.25, -0.2) is 0 Å². The standard InChI is InChI=1S/C11H14INO2/c1-2-15-11(14)7-10(13)8-3-5-9(12)6-4-8/h3-6,10H,2,7,13H2,1H3/p+1/t10-/m1/s1. The van der Waals surface area contributed by atoms with Crippen LogP contribution >= 0.6 is 22.6 Å². The Labute approximate surface area is 103 Å². The van der Waals surface area contributed by atoms with Gasteiger partial charge in [-0.1, -0.05) is 12.1 Å². The number of hydrogen-bond donors (Lipinski definition) is 1. The van der Waals surface area contributed by atoms with Crippen molar-refractivity contribution in [3.63, 3.8) is 0 Å². The third kappa shape index (κ3) is 4.17. The Morgan fingerprint density at radius 3 is 2.60 bits per heavy atom. The zero-order chi connectivity index (χ0) is 11.3. The highest BCUT2D eigenvalue weighted by atomic mass is 127. The maximum atomic E-state index is 11.2. The van der Waals surface area contributed by atoms with Crippen molar-refractivity contribution in [1.82, 2.24) is 0 Å². The lowest BCUT2D eigenvalue weighted by Gasteiger charge is -2.08. The zero-order valence-electron chi connectivity index (χ0n) is 8.70. The number of esters is 1. The Hall–Kier alpha value is -0.620. The molecule has 0 aromatic heterocycles. The van der Waals surface area contributed by atoms with Crippen molar-refractivity contribution < 1.29 is 15.3 Å². The number of rotatable bonds is 4. The fraction of sp³-hybridized carbons (Fsp3) is 0.364. The minimum absolute atomic E-state index is 0.0268.